The number of piperidine rings is 1. The van der Waals surface area contributed by atoms with E-state index < -0.39 is 24.1 Å². The minimum absolute atomic E-state index is 0.0638. The van der Waals surface area contributed by atoms with Crippen LogP contribution in [0, 0.1) is 0 Å². The molecule has 0 aromatic rings. The van der Waals surface area contributed by atoms with E-state index in [2.05, 4.69) is 0 Å². The Labute approximate surface area is 91.2 Å². The van der Waals surface area contributed by atoms with Gasteiger partial charge in [-0.3, -0.25) is 4.79 Å². The summed E-state index contributed by atoms with van der Waals surface area (Å²) >= 11 is 0. The fourth-order valence-electron chi connectivity index (χ4n) is 1.66. The van der Waals surface area contributed by atoms with Crippen molar-refractivity contribution in [2.24, 2.45) is 5.73 Å². The largest absolute Gasteiger partial charge is 0.397 e. The van der Waals surface area contributed by atoms with Crippen LogP contribution in [0.15, 0.2) is 0 Å². The van der Waals surface area contributed by atoms with Gasteiger partial charge in [0.1, 0.15) is 6.42 Å². The zero-order chi connectivity index (χ0) is 12.4. The quantitative estimate of drug-likeness (QED) is 0.727. The summed E-state index contributed by atoms with van der Waals surface area (Å²) in [7, 11) is 0. The molecule has 4 nitrogen and oxygen atoms in total. The van der Waals surface area contributed by atoms with Gasteiger partial charge in [-0.2, -0.15) is 13.2 Å². The molecule has 1 saturated heterocycles. The maximum absolute atomic E-state index is 12.0. The molecule has 0 spiro atoms. The van der Waals surface area contributed by atoms with Crippen LogP contribution in [-0.2, 0) is 4.79 Å². The lowest BCUT2D eigenvalue weighted by atomic mass is 9.91. The first-order valence-corrected chi connectivity index (χ1v) is 5.03. The van der Waals surface area contributed by atoms with Crippen molar-refractivity contribution in [3.8, 4) is 0 Å². The van der Waals surface area contributed by atoms with E-state index in [0.717, 1.165) is 4.90 Å². The average Bonchev–Trinajstić information content (AvgIpc) is 2.16. The highest BCUT2D eigenvalue weighted by atomic mass is 19.4. The molecule has 7 heteroatoms. The van der Waals surface area contributed by atoms with Crippen LogP contribution < -0.4 is 5.73 Å². The van der Waals surface area contributed by atoms with Crippen LogP contribution in [0.5, 0.6) is 0 Å². The van der Waals surface area contributed by atoms with Crippen molar-refractivity contribution in [1.29, 1.82) is 0 Å². The van der Waals surface area contributed by atoms with E-state index in [1.54, 1.807) is 0 Å². The van der Waals surface area contributed by atoms with Crippen molar-refractivity contribution in [3.05, 3.63) is 0 Å². The number of nitrogens with zero attached hydrogens (tertiary/aromatic N) is 1. The number of amides is 1. The Hall–Kier alpha value is -0.820. The second-order valence-electron chi connectivity index (χ2n) is 4.10. The van der Waals surface area contributed by atoms with Gasteiger partial charge in [-0.05, 0) is 12.8 Å². The summed E-state index contributed by atoms with van der Waals surface area (Å²) in [4.78, 5) is 12.3. The predicted octanol–water partition coefficient (Wildman–Crippen LogP) is 0.251. The van der Waals surface area contributed by atoms with E-state index in [9.17, 15) is 23.1 Å². The molecule has 0 saturated carbocycles. The maximum Gasteiger partial charge on any atom is 0.397 e. The highest BCUT2D eigenvalue weighted by molar-refractivity contribution is 5.76. The van der Waals surface area contributed by atoms with Gasteiger partial charge in [0.15, 0.2) is 0 Å². The molecule has 0 aromatic heterocycles. The van der Waals surface area contributed by atoms with Crippen LogP contribution in [0.2, 0.25) is 0 Å². The zero-order valence-electron chi connectivity index (χ0n) is 8.76. The van der Waals surface area contributed by atoms with Gasteiger partial charge >= 0.3 is 6.18 Å². The molecule has 1 aliphatic heterocycles. The normalized spacial score (nSPS) is 20.9. The van der Waals surface area contributed by atoms with Gasteiger partial charge in [0, 0.05) is 19.6 Å². The third kappa shape index (κ3) is 3.64. The van der Waals surface area contributed by atoms with Gasteiger partial charge in [-0.1, -0.05) is 0 Å². The lowest BCUT2D eigenvalue weighted by Gasteiger charge is -2.37. The first kappa shape index (κ1) is 13.2. The Balaban J connectivity index is 2.45. The minimum Gasteiger partial charge on any atom is -0.388 e. The van der Waals surface area contributed by atoms with Crippen molar-refractivity contribution in [1.82, 2.24) is 4.90 Å². The van der Waals surface area contributed by atoms with Gasteiger partial charge in [-0.15, -0.1) is 0 Å². The van der Waals surface area contributed by atoms with E-state index >= 15 is 0 Å². The fourth-order valence-corrected chi connectivity index (χ4v) is 1.66. The number of hydrogen-bond acceptors (Lipinski definition) is 3. The van der Waals surface area contributed by atoms with E-state index in [0.29, 0.717) is 0 Å². The van der Waals surface area contributed by atoms with Gasteiger partial charge < -0.3 is 15.7 Å². The molecule has 1 aliphatic rings. The third-order valence-corrected chi connectivity index (χ3v) is 2.78. The zero-order valence-corrected chi connectivity index (χ0v) is 8.76. The number of nitrogens with two attached hydrogens (primary N) is 1. The molecule has 1 fully saturated rings. The standard InChI is InChI=1S/C9H15F3N2O2/c10-9(11,12)5-7(15)14-3-1-8(16,6-13)2-4-14/h16H,1-6,13H2. The van der Waals surface area contributed by atoms with Gasteiger partial charge in [0.2, 0.25) is 5.91 Å². The molecule has 1 amide bonds. The summed E-state index contributed by atoms with van der Waals surface area (Å²) in [5.74, 6) is -0.938. The SMILES string of the molecule is NCC1(O)CCN(C(=O)CC(F)(F)F)CC1. The number of likely N-dealkylation sites (tertiary alicyclic amines) is 1. The Morgan fingerprint density at radius 1 is 1.38 bits per heavy atom. The highest BCUT2D eigenvalue weighted by Crippen LogP contribution is 2.25. The first-order chi connectivity index (χ1) is 7.26. The third-order valence-electron chi connectivity index (χ3n) is 2.78. The molecule has 0 aromatic carbocycles. The molecular weight excluding hydrogens is 225 g/mol. The van der Waals surface area contributed by atoms with Crippen molar-refractivity contribution < 1.29 is 23.1 Å². The molecule has 0 unspecified atom stereocenters. The van der Waals surface area contributed by atoms with Crippen LogP contribution in [0.4, 0.5) is 13.2 Å². The number of aliphatic hydroxyl groups is 1. The summed E-state index contributed by atoms with van der Waals surface area (Å²) in [6.45, 7) is 0.319. The minimum atomic E-state index is -4.47. The Morgan fingerprint density at radius 3 is 2.25 bits per heavy atom. The lowest BCUT2D eigenvalue weighted by Crippen LogP contribution is -2.50. The summed E-state index contributed by atoms with van der Waals surface area (Å²) in [5, 5.41) is 9.73. The smallest absolute Gasteiger partial charge is 0.388 e. The Bertz CT molecular complexity index is 260. The van der Waals surface area contributed by atoms with E-state index in [-0.39, 0.29) is 32.5 Å². The van der Waals surface area contributed by atoms with Crippen molar-refractivity contribution in [2.45, 2.75) is 31.0 Å². The number of rotatable bonds is 2. The van der Waals surface area contributed by atoms with Crippen LogP contribution in [0.1, 0.15) is 19.3 Å². The molecule has 94 valence electrons. The number of halogens is 3. The summed E-state index contributed by atoms with van der Waals surface area (Å²) in [5.41, 5.74) is 4.29. The first-order valence-electron chi connectivity index (χ1n) is 5.03. The topological polar surface area (TPSA) is 66.6 Å². The summed E-state index contributed by atoms with van der Waals surface area (Å²) in [6, 6.07) is 0. The molecule has 0 radical (unpaired) electrons. The van der Waals surface area contributed by atoms with Crippen molar-refractivity contribution >= 4 is 5.91 Å². The van der Waals surface area contributed by atoms with Crippen LogP contribution in [-0.4, -0.2) is 47.3 Å². The summed E-state index contributed by atoms with van der Waals surface area (Å²) < 4.78 is 35.9. The molecule has 3 N–H and O–H groups in total. The lowest BCUT2D eigenvalue weighted by molar-refractivity contribution is -0.163. The van der Waals surface area contributed by atoms with Crippen molar-refractivity contribution in [2.75, 3.05) is 19.6 Å². The summed E-state index contributed by atoms with van der Waals surface area (Å²) in [6.07, 6.45) is -5.45. The molecule has 1 heterocycles. The van der Waals surface area contributed by atoms with Crippen LogP contribution >= 0.6 is 0 Å². The second kappa shape index (κ2) is 4.58. The Kier molecular flexibility index (Phi) is 3.80. The predicted molar refractivity (Wildman–Crippen MR) is 50.5 cm³/mol. The van der Waals surface area contributed by atoms with E-state index in [4.69, 9.17) is 5.73 Å². The van der Waals surface area contributed by atoms with E-state index in [1.807, 2.05) is 0 Å². The molecule has 0 bridgehead atoms. The monoisotopic (exact) mass is 240 g/mol. The van der Waals surface area contributed by atoms with Gasteiger partial charge in [0.25, 0.3) is 0 Å². The fraction of sp³-hybridized carbons (Fsp3) is 0.889. The molecule has 16 heavy (non-hydrogen) atoms. The van der Waals surface area contributed by atoms with Crippen LogP contribution in [0.25, 0.3) is 0 Å². The highest BCUT2D eigenvalue weighted by Gasteiger charge is 2.37. The second-order valence-corrected chi connectivity index (χ2v) is 4.10. The number of carbonyl (C=O) groups excluding carboxylic acids is 1. The maximum atomic E-state index is 12.0. The number of alkyl halides is 3. The molecule has 1 rings (SSSR count). The van der Waals surface area contributed by atoms with E-state index in [1.165, 1.54) is 0 Å². The molecule has 0 aliphatic carbocycles. The Morgan fingerprint density at radius 2 is 1.88 bits per heavy atom. The number of carbonyl (C=O) groups is 1. The van der Waals surface area contributed by atoms with Crippen LogP contribution in [0.3, 0.4) is 0 Å². The number of hydrogen-bond donors (Lipinski definition) is 2. The van der Waals surface area contributed by atoms with Gasteiger partial charge in [0.05, 0.1) is 5.60 Å². The van der Waals surface area contributed by atoms with Crippen molar-refractivity contribution in [3.63, 3.8) is 0 Å². The average molecular weight is 240 g/mol. The molecular formula is C9H15F3N2O2. The molecule has 0 atom stereocenters. The van der Waals surface area contributed by atoms with Gasteiger partial charge in [-0.25, -0.2) is 0 Å².